The van der Waals surface area contributed by atoms with Crippen LogP contribution in [0.2, 0.25) is 5.02 Å². The number of sulfonamides is 1. The number of nitrogens with one attached hydrogen (secondary N) is 2. The lowest BCUT2D eigenvalue weighted by molar-refractivity contribution is 0.385. The van der Waals surface area contributed by atoms with Crippen molar-refractivity contribution in [1.29, 1.82) is 0 Å². The first-order chi connectivity index (χ1) is 16.1. The highest BCUT2D eigenvalue weighted by atomic mass is 35.5. The molecule has 0 unspecified atom stereocenters. The molecule has 1 aromatic carbocycles. The lowest BCUT2D eigenvalue weighted by Crippen LogP contribution is -2.16. The smallest absolute Gasteiger partial charge is 0.267 e. The van der Waals surface area contributed by atoms with Crippen molar-refractivity contribution in [3.8, 4) is 17.0 Å². The van der Waals surface area contributed by atoms with E-state index in [1.54, 1.807) is 32.3 Å². The normalized spacial score (nSPS) is 11.5. The van der Waals surface area contributed by atoms with E-state index in [1.165, 1.54) is 13.3 Å². The Morgan fingerprint density at radius 2 is 1.76 bits per heavy atom. The van der Waals surface area contributed by atoms with E-state index in [9.17, 15) is 17.2 Å². The second-order valence-electron chi connectivity index (χ2n) is 7.21. The summed E-state index contributed by atoms with van der Waals surface area (Å²) in [4.78, 5) is 12.1. The van der Waals surface area contributed by atoms with Crippen molar-refractivity contribution in [2.24, 2.45) is 0 Å². The first-order valence-electron chi connectivity index (χ1n) is 9.80. The van der Waals surface area contributed by atoms with Crippen LogP contribution in [0.3, 0.4) is 0 Å². The maximum Gasteiger partial charge on any atom is 0.267 e. The Labute approximate surface area is 199 Å². The highest BCUT2D eigenvalue weighted by molar-refractivity contribution is 7.92. The Morgan fingerprint density at radius 3 is 2.47 bits per heavy atom. The third-order valence-electron chi connectivity index (χ3n) is 5.00. The zero-order valence-corrected chi connectivity index (χ0v) is 19.7. The number of pyridine rings is 3. The monoisotopic (exact) mass is 505 g/mol. The van der Waals surface area contributed by atoms with E-state index in [2.05, 4.69) is 25.0 Å². The Morgan fingerprint density at radius 1 is 1.00 bits per heavy atom. The van der Waals surface area contributed by atoms with Gasteiger partial charge in [0, 0.05) is 53.8 Å². The number of methoxy groups -OCH3 is 1. The molecule has 0 bridgehead atoms. The number of ether oxygens (including phenoxy) is 1. The number of halogens is 3. The molecule has 0 spiro atoms. The number of nitrogens with zero attached hydrogens (tertiary/aromatic N) is 3. The van der Waals surface area contributed by atoms with Gasteiger partial charge in [0.25, 0.3) is 10.0 Å². The predicted octanol–water partition coefficient (Wildman–Crippen LogP) is 4.78. The van der Waals surface area contributed by atoms with Gasteiger partial charge in [-0.25, -0.2) is 27.2 Å². The first kappa shape index (κ1) is 23.6. The van der Waals surface area contributed by atoms with E-state index < -0.39 is 32.2 Å². The lowest BCUT2D eigenvalue weighted by Gasteiger charge is -2.14. The molecule has 176 valence electrons. The van der Waals surface area contributed by atoms with Gasteiger partial charge in [0.15, 0.2) is 4.90 Å². The first-order valence-corrected chi connectivity index (χ1v) is 11.7. The van der Waals surface area contributed by atoms with Crippen LogP contribution >= 0.6 is 11.6 Å². The Hall–Kier alpha value is -3.57. The zero-order valence-electron chi connectivity index (χ0n) is 18.1. The molecule has 4 aromatic rings. The van der Waals surface area contributed by atoms with Crippen LogP contribution in [0.15, 0.2) is 47.6 Å². The van der Waals surface area contributed by atoms with Crippen molar-refractivity contribution in [2.75, 3.05) is 24.2 Å². The van der Waals surface area contributed by atoms with Crippen LogP contribution in [-0.4, -0.2) is 37.5 Å². The standard InChI is InChI=1S/C22H18ClF2N5O3S/c1-11-14(4-12-9-27-21(26-2)8-18(12)29-11)15-6-19(17(25)7-16(15)24)30-34(31,32)20-5-13(23)10-28-22(20)33-3/h4-10,30H,1-3H3,(H,26,27). The van der Waals surface area contributed by atoms with Gasteiger partial charge in [-0.2, -0.15) is 0 Å². The van der Waals surface area contributed by atoms with E-state index >= 15 is 0 Å². The number of hydrogen-bond acceptors (Lipinski definition) is 7. The van der Waals surface area contributed by atoms with Gasteiger partial charge >= 0.3 is 0 Å². The topological polar surface area (TPSA) is 106 Å². The predicted molar refractivity (Wildman–Crippen MR) is 126 cm³/mol. The summed E-state index contributed by atoms with van der Waals surface area (Å²) >= 11 is 5.87. The Kier molecular flexibility index (Phi) is 6.24. The molecule has 0 aliphatic carbocycles. The van der Waals surface area contributed by atoms with E-state index in [-0.39, 0.29) is 16.5 Å². The van der Waals surface area contributed by atoms with Crippen LogP contribution in [0.4, 0.5) is 20.3 Å². The van der Waals surface area contributed by atoms with Crippen LogP contribution in [0, 0.1) is 18.6 Å². The van der Waals surface area contributed by atoms with Gasteiger partial charge < -0.3 is 10.1 Å². The summed E-state index contributed by atoms with van der Waals surface area (Å²) in [5.41, 5.74) is 0.929. The van der Waals surface area contributed by atoms with Crippen LogP contribution in [0.5, 0.6) is 5.88 Å². The molecule has 8 nitrogen and oxygen atoms in total. The summed E-state index contributed by atoms with van der Waals surface area (Å²) in [5.74, 6) is -1.61. The summed E-state index contributed by atoms with van der Waals surface area (Å²) in [6.45, 7) is 1.67. The SMILES string of the molecule is CNc1cc2nc(C)c(-c3cc(NS(=O)(=O)c4cc(Cl)cnc4OC)c(F)cc3F)cc2cn1. The molecule has 0 aliphatic heterocycles. The van der Waals surface area contributed by atoms with Crippen LogP contribution < -0.4 is 14.8 Å². The van der Waals surface area contributed by atoms with Crippen LogP contribution in [0.1, 0.15) is 5.69 Å². The molecule has 0 aliphatic rings. The summed E-state index contributed by atoms with van der Waals surface area (Å²) in [7, 11) is -1.43. The number of fused-ring (bicyclic) bond motifs is 1. The van der Waals surface area contributed by atoms with Gasteiger partial charge in [0.05, 0.1) is 23.3 Å². The molecule has 0 fully saturated rings. The number of aryl methyl sites for hydroxylation is 1. The second kappa shape index (κ2) is 8.99. The second-order valence-corrected chi connectivity index (χ2v) is 9.30. The number of anilines is 2. The molecule has 2 N–H and O–H groups in total. The van der Waals surface area contributed by atoms with E-state index in [0.717, 1.165) is 12.1 Å². The fraction of sp³-hybridized carbons (Fsp3) is 0.136. The molecular formula is C22H18ClF2N5O3S. The van der Waals surface area contributed by atoms with Crippen molar-refractivity contribution < 1.29 is 21.9 Å². The lowest BCUT2D eigenvalue weighted by atomic mass is 10.0. The summed E-state index contributed by atoms with van der Waals surface area (Å²) in [6.07, 6.45) is 2.78. The van der Waals surface area contributed by atoms with E-state index in [1.807, 2.05) is 0 Å². The maximum atomic E-state index is 14.8. The molecule has 0 atom stereocenters. The zero-order chi connectivity index (χ0) is 24.6. The summed E-state index contributed by atoms with van der Waals surface area (Å²) < 4.78 is 62.4. The molecule has 3 aromatic heterocycles. The molecular weight excluding hydrogens is 488 g/mol. The Balaban J connectivity index is 1.81. The van der Waals surface area contributed by atoms with Gasteiger partial charge in [0.1, 0.15) is 17.5 Å². The van der Waals surface area contributed by atoms with Crippen LogP contribution in [-0.2, 0) is 10.0 Å². The van der Waals surface area contributed by atoms with Crippen molar-refractivity contribution in [3.05, 3.63) is 65.1 Å². The van der Waals surface area contributed by atoms with Crippen molar-refractivity contribution in [3.63, 3.8) is 0 Å². The fourth-order valence-corrected chi connectivity index (χ4v) is 4.79. The third kappa shape index (κ3) is 4.44. The molecule has 34 heavy (non-hydrogen) atoms. The number of hydrogen-bond donors (Lipinski definition) is 2. The van der Waals surface area contributed by atoms with Crippen molar-refractivity contribution in [1.82, 2.24) is 15.0 Å². The molecule has 12 heteroatoms. The number of rotatable bonds is 6. The minimum absolute atomic E-state index is 0.0364. The van der Waals surface area contributed by atoms with Crippen molar-refractivity contribution in [2.45, 2.75) is 11.8 Å². The highest BCUT2D eigenvalue weighted by Crippen LogP contribution is 2.34. The third-order valence-corrected chi connectivity index (χ3v) is 6.57. The maximum absolute atomic E-state index is 14.8. The summed E-state index contributed by atoms with van der Waals surface area (Å²) in [5, 5.41) is 3.58. The van der Waals surface area contributed by atoms with Gasteiger partial charge in [0.2, 0.25) is 5.88 Å². The molecule has 0 saturated carbocycles. The molecule has 0 radical (unpaired) electrons. The van der Waals surface area contributed by atoms with Gasteiger partial charge in [-0.05, 0) is 25.1 Å². The van der Waals surface area contributed by atoms with Gasteiger partial charge in [-0.15, -0.1) is 0 Å². The quantitative estimate of drug-likeness (QED) is 0.388. The highest BCUT2D eigenvalue weighted by Gasteiger charge is 2.24. The largest absolute Gasteiger partial charge is 0.480 e. The van der Waals surface area contributed by atoms with Crippen LogP contribution in [0.25, 0.3) is 22.0 Å². The van der Waals surface area contributed by atoms with E-state index in [0.29, 0.717) is 34.0 Å². The average Bonchev–Trinajstić information content (AvgIpc) is 2.80. The Bertz CT molecular complexity index is 1530. The number of benzene rings is 1. The average molecular weight is 506 g/mol. The molecule has 3 heterocycles. The molecule has 0 amide bonds. The minimum Gasteiger partial charge on any atom is -0.480 e. The van der Waals surface area contributed by atoms with Gasteiger partial charge in [-0.3, -0.25) is 9.71 Å². The van der Waals surface area contributed by atoms with Gasteiger partial charge in [-0.1, -0.05) is 11.6 Å². The molecule has 0 saturated heterocycles. The van der Waals surface area contributed by atoms with E-state index in [4.69, 9.17) is 16.3 Å². The summed E-state index contributed by atoms with van der Waals surface area (Å²) in [6, 6.07) is 6.17. The number of aromatic nitrogens is 3. The fourth-order valence-electron chi connectivity index (χ4n) is 3.36. The molecule has 4 rings (SSSR count). The minimum atomic E-state index is -4.38. The van der Waals surface area contributed by atoms with Crippen molar-refractivity contribution >= 4 is 44.0 Å².